The molecule has 1 saturated carbocycles. The topological polar surface area (TPSA) is 95.1 Å². The number of carbonyl (C=O) groups excluding carboxylic acids is 1. The molecule has 1 fully saturated rings. The van der Waals surface area contributed by atoms with E-state index in [2.05, 4.69) is 15.2 Å². The van der Waals surface area contributed by atoms with Crippen molar-refractivity contribution in [3.63, 3.8) is 0 Å². The summed E-state index contributed by atoms with van der Waals surface area (Å²) in [6.45, 7) is 0.374. The molecule has 0 atom stereocenters. The summed E-state index contributed by atoms with van der Waals surface area (Å²) in [4.78, 5) is 30.8. The van der Waals surface area contributed by atoms with Gasteiger partial charge >= 0.3 is 0 Å². The molecule has 2 aromatic heterocycles. The Bertz CT molecular complexity index is 1010. The highest BCUT2D eigenvalue weighted by Crippen LogP contribution is 2.29. The summed E-state index contributed by atoms with van der Waals surface area (Å²) in [5.41, 5.74) is 0.676. The van der Waals surface area contributed by atoms with Gasteiger partial charge in [0.2, 0.25) is 5.91 Å². The predicted octanol–water partition coefficient (Wildman–Crippen LogP) is 1.02. The monoisotopic (exact) mass is 380 g/mol. The van der Waals surface area contributed by atoms with E-state index >= 15 is 0 Å². The first-order valence-electron chi connectivity index (χ1n) is 8.99. The number of aromatic nitrogens is 5. The summed E-state index contributed by atoms with van der Waals surface area (Å²) in [6.07, 6.45) is 4.82. The van der Waals surface area contributed by atoms with Gasteiger partial charge in [-0.05, 0) is 36.6 Å². The van der Waals surface area contributed by atoms with E-state index in [1.54, 1.807) is 13.2 Å². The van der Waals surface area contributed by atoms with Crippen LogP contribution in [0, 0.1) is 0 Å². The largest absolute Gasteiger partial charge is 0.497 e. The molecule has 1 amide bonds. The zero-order chi connectivity index (χ0) is 19.5. The van der Waals surface area contributed by atoms with Gasteiger partial charge < -0.3 is 9.64 Å². The van der Waals surface area contributed by atoms with Gasteiger partial charge in [0.25, 0.3) is 5.56 Å². The molecule has 0 spiro atoms. The minimum Gasteiger partial charge on any atom is -0.497 e. The van der Waals surface area contributed by atoms with E-state index < -0.39 is 0 Å². The first-order chi connectivity index (χ1) is 13.6. The Morgan fingerprint density at radius 1 is 1.21 bits per heavy atom. The second-order valence-corrected chi connectivity index (χ2v) is 6.63. The highest BCUT2D eigenvalue weighted by atomic mass is 16.5. The molecule has 4 rings (SSSR count). The quantitative estimate of drug-likeness (QED) is 0.607. The fourth-order valence-electron chi connectivity index (χ4n) is 2.95. The van der Waals surface area contributed by atoms with Crippen LogP contribution in [-0.2, 0) is 17.9 Å². The van der Waals surface area contributed by atoms with Crippen LogP contribution < -0.4 is 10.3 Å². The maximum atomic E-state index is 12.9. The third kappa shape index (κ3) is 3.93. The maximum Gasteiger partial charge on any atom is 0.267 e. The van der Waals surface area contributed by atoms with Crippen LogP contribution in [0.3, 0.4) is 0 Å². The summed E-state index contributed by atoms with van der Waals surface area (Å²) in [5.74, 6) is 1.07. The first kappa shape index (κ1) is 17.9. The second kappa shape index (κ2) is 7.63. The van der Waals surface area contributed by atoms with E-state index in [4.69, 9.17) is 4.74 Å². The van der Waals surface area contributed by atoms with Gasteiger partial charge in [-0.2, -0.15) is 5.10 Å². The van der Waals surface area contributed by atoms with Crippen molar-refractivity contribution in [1.82, 2.24) is 29.4 Å². The number of nitrogens with zero attached hydrogens (tertiary/aromatic N) is 6. The Labute approximate surface area is 161 Å². The molecule has 144 valence electrons. The van der Waals surface area contributed by atoms with Crippen LogP contribution in [0.1, 0.15) is 18.4 Å². The fourth-order valence-corrected chi connectivity index (χ4v) is 2.95. The minimum absolute atomic E-state index is 0.117. The first-order valence-corrected chi connectivity index (χ1v) is 8.99. The average molecular weight is 380 g/mol. The van der Waals surface area contributed by atoms with Crippen LogP contribution in [-0.4, -0.2) is 48.5 Å². The highest BCUT2D eigenvalue weighted by Gasteiger charge is 2.32. The summed E-state index contributed by atoms with van der Waals surface area (Å²) in [7, 11) is 1.62. The van der Waals surface area contributed by atoms with Crippen molar-refractivity contribution in [2.24, 2.45) is 0 Å². The van der Waals surface area contributed by atoms with E-state index in [0.717, 1.165) is 24.2 Å². The van der Waals surface area contributed by atoms with Gasteiger partial charge in [-0.15, -0.1) is 5.10 Å². The number of benzene rings is 1. The van der Waals surface area contributed by atoms with E-state index in [0.29, 0.717) is 12.4 Å². The molecule has 0 N–H and O–H groups in total. The van der Waals surface area contributed by atoms with Crippen molar-refractivity contribution in [3.8, 4) is 11.6 Å². The van der Waals surface area contributed by atoms with Crippen LogP contribution in [0.2, 0.25) is 0 Å². The van der Waals surface area contributed by atoms with Gasteiger partial charge in [-0.3, -0.25) is 9.59 Å². The standard InChI is InChI=1S/C19H20N6O3/c1-28-16-6-2-14(3-7-16)10-23(15-4-5-15)19(27)11-24-18(26)9-8-17(22-24)25-13-20-12-21-25/h2-3,6-9,12-13,15H,4-5,10-11H2,1H3. The Morgan fingerprint density at radius 2 is 2.00 bits per heavy atom. The molecule has 1 aliphatic carbocycles. The summed E-state index contributed by atoms with van der Waals surface area (Å²) in [5, 5.41) is 8.25. The number of amides is 1. The highest BCUT2D eigenvalue weighted by molar-refractivity contribution is 5.76. The maximum absolute atomic E-state index is 12.9. The molecule has 0 aliphatic heterocycles. The van der Waals surface area contributed by atoms with Crippen LogP contribution >= 0.6 is 0 Å². The van der Waals surface area contributed by atoms with Crippen LogP contribution in [0.4, 0.5) is 0 Å². The third-order valence-corrected chi connectivity index (χ3v) is 4.61. The lowest BCUT2D eigenvalue weighted by atomic mass is 10.2. The molecule has 0 bridgehead atoms. The van der Waals surface area contributed by atoms with Crippen LogP contribution in [0.15, 0.2) is 53.8 Å². The molecule has 9 nitrogen and oxygen atoms in total. The molecular formula is C19H20N6O3. The summed E-state index contributed by atoms with van der Waals surface area (Å²) < 4.78 is 7.79. The fraction of sp³-hybridized carbons (Fsp3) is 0.316. The molecule has 2 heterocycles. The van der Waals surface area contributed by atoms with Crippen molar-refractivity contribution < 1.29 is 9.53 Å². The normalized spacial score (nSPS) is 13.3. The molecule has 3 aromatic rings. The molecular weight excluding hydrogens is 360 g/mol. The lowest BCUT2D eigenvalue weighted by molar-refractivity contribution is -0.133. The van der Waals surface area contributed by atoms with Crippen molar-refractivity contribution in [3.05, 3.63) is 65.0 Å². The lowest BCUT2D eigenvalue weighted by Gasteiger charge is -2.23. The molecule has 0 radical (unpaired) electrons. The summed E-state index contributed by atoms with van der Waals surface area (Å²) >= 11 is 0. The third-order valence-electron chi connectivity index (χ3n) is 4.61. The number of rotatable bonds is 7. The van der Waals surface area contributed by atoms with E-state index in [1.807, 2.05) is 29.2 Å². The zero-order valence-corrected chi connectivity index (χ0v) is 15.4. The van der Waals surface area contributed by atoms with Gasteiger partial charge in [-0.1, -0.05) is 12.1 Å². The van der Waals surface area contributed by atoms with Gasteiger partial charge in [-0.25, -0.2) is 14.3 Å². The predicted molar refractivity (Wildman–Crippen MR) is 100.0 cm³/mol. The average Bonchev–Trinajstić information content (AvgIpc) is 3.41. The Balaban J connectivity index is 1.52. The van der Waals surface area contributed by atoms with Crippen molar-refractivity contribution in [2.45, 2.75) is 32.0 Å². The molecule has 28 heavy (non-hydrogen) atoms. The van der Waals surface area contributed by atoms with Gasteiger partial charge in [0.15, 0.2) is 5.82 Å². The number of hydrogen-bond donors (Lipinski definition) is 0. The Kier molecular flexibility index (Phi) is 4.88. The van der Waals surface area contributed by atoms with Crippen LogP contribution in [0.25, 0.3) is 5.82 Å². The van der Waals surface area contributed by atoms with Crippen molar-refractivity contribution >= 4 is 5.91 Å². The molecule has 1 aromatic carbocycles. The van der Waals surface area contributed by atoms with Gasteiger partial charge in [0.1, 0.15) is 24.9 Å². The molecule has 0 unspecified atom stereocenters. The second-order valence-electron chi connectivity index (χ2n) is 6.63. The molecule has 9 heteroatoms. The molecule has 0 saturated heterocycles. The van der Waals surface area contributed by atoms with E-state index in [9.17, 15) is 9.59 Å². The van der Waals surface area contributed by atoms with Crippen molar-refractivity contribution in [2.75, 3.05) is 7.11 Å². The smallest absolute Gasteiger partial charge is 0.267 e. The number of ether oxygens (including phenoxy) is 1. The summed E-state index contributed by atoms with van der Waals surface area (Å²) in [6, 6.07) is 10.8. The zero-order valence-electron chi connectivity index (χ0n) is 15.4. The lowest BCUT2D eigenvalue weighted by Crippen LogP contribution is -2.38. The van der Waals surface area contributed by atoms with Gasteiger partial charge in [0, 0.05) is 18.7 Å². The van der Waals surface area contributed by atoms with Crippen molar-refractivity contribution in [1.29, 1.82) is 0 Å². The van der Waals surface area contributed by atoms with Crippen LogP contribution in [0.5, 0.6) is 5.75 Å². The SMILES string of the molecule is COc1ccc(CN(C(=O)Cn2nc(-n3cncn3)ccc2=O)C2CC2)cc1. The Hall–Kier alpha value is -3.49. The van der Waals surface area contributed by atoms with E-state index in [-0.39, 0.29) is 24.1 Å². The minimum atomic E-state index is -0.336. The van der Waals surface area contributed by atoms with E-state index in [1.165, 1.54) is 28.1 Å². The number of carbonyl (C=O) groups is 1. The Morgan fingerprint density at radius 3 is 2.64 bits per heavy atom. The number of hydrogen-bond acceptors (Lipinski definition) is 6. The molecule has 1 aliphatic rings. The number of methoxy groups -OCH3 is 1. The van der Waals surface area contributed by atoms with Gasteiger partial charge in [0.05, 0.1) is 7.11 Å².